The van der Waals surface area contributed by atoms with Gasteiger partial charge in [-0.3, -0.25) is 0 Å². The Morgan fingerprint density at radius 3 is 2.58 bits per heavy atom. The summed E-state index contributed by atoms with van der Waals surface area (Å²) in [4.78, 5) is 4.94. The van der Waals surface area contributed by atoms with E-state index in [-0.39, 0.29) is 12.6 Å². The highest BCUT2D eigenvalue weighted by atomic mass is 35.5. The molecular formula is C25H19ClN4O. The smallest absolute Gasteiger partial charge is 0.162 e. The number of anilines is 1. The summed E-state index contributed by atoms with van der Waals surface area (Å²) in [6.45, 7) is 0.0763. The third kappa shape index (κ3) is 3.15. The van der Waals surface area contributed by atoms with Gasteiger partial charge in [-0.05, 0) is 18.1 Å². The second kappa shape index (κ2) is 7.10. The number of hydrogen-bond acceptors (Lipinski definition) is 4. The van der Waals surface area contributed by atoms with Gasteiger partial charge in [0.05, 0.1) is 23.9 Å². The highest BCUT2D eigenvalue weighted by molar-refractivity contribution is 6.33. The Bertz CT molecular complexity index is 1370. The lowest BCUT2D eigenvalue weighted by molar-refractivity contribution is 0.280. The zero-order valence-corrected chi connectivity index (χ0v) is 17.3. The second-order valence-electron chi connectivity index (χ2n) is 7.85. The maximum atomic E-state index is 9.67. The van der Waals surface area contributed by atoms with Crippen LogP contribution < -0.4 is 5.32 Å². The van der Waals surface area contributed by atoms with E-state index in [2.05, 4.69) is 28.3 Å². The molecule has 31 heavy (non-hydrogen) atoms. The van der Waals surface area contributed by atoms with Crippen molar-refractivity contribution in [3.8, 4) is 11.3 Å². The SMILES string of the molecule is OCCC(Nc1cc(-c2ccccc2Cl)nc2c(C3C4=C=C43)cnn12)c1ccccc1. The third-order valence-electron chi connectivity index (χ3n) is 5.89. The Morgan fingerprint density at radius 2 is 1.87 bits per heavy atom. The van der Waals surface area contributed by atoms with E-state index >= 15 is 0 Å². The predicted octanol–water partition coefficient (Wildman–Crippen LogP) is 5.15. The molecule has 4 aromatic rings. The van der Waals surface area contributed by atoms with E-state index in [0.717, 1.165) is 33.8 Å². The molecule has 2 aromatic heterocycles. The van der Waals surface area contributed by atoms with E-state index in [1.54, 1.807) is 0 Å². The van der Waals surface area contributed by atoms with Gasteiger partial charge in [-0.2, -0.15) is 9.61 Å². The number of halogens is 1. The summed E-state index contributed by atoms with van der Waals surface area (Å²) in [5, 5.41) is 18.6. The lowest BCUT2D eigenvalue weighted by Crippen LogP contribution is -2.15. The maximum Gasteiger partial charge on any atom is 0.162 e. The topological polar surface area (TPSA) is 62.5 Å². The molecule has 0 bridgehead atoms. The van der Waals surface area contributed by atoms with Gasteiger partial charge >= 0.3 is 0 Å². The van der Waals surface area contributed by atoms with E-state index in [0.29, 0.717) is 17.4 Å². The molecule has 5 nitrogen and oxygen atoms in total. The highest BCUT2D eigenvalue weighted by Crippen LogP contribution is 2.61. The monoisotopic (exact) mass is 426 g/mol. The van der Waals surface area contributed by atoms with Crippen LogP contribution in [0.3, 0.4) is 0 Å². The molecule has 0 radical (unpaired) electrons. The molecular weight excluding hydrogens is 408 g/mol. The molecule has 6 heteroatoms. The number of rotatable bonds is 7. The van der Waals surface area contributed by atoms with E-state index < -0.39 is 0 Å². The van der Waals surface area contributed by atoms with Gasteiger partial charge in [0.25, 0.3) is 0 Å². The van der Waals surface area contributed by atoms with Gasteiger partial charge in [-0.1, -0.05) is 60.1 Å². The van der Waals surface area contributed by atoms with Crippen LogP contribution in [0.1, 0.15) is 29.5 Å². The third-order valence-corrected chi connectivity index (χ3v) is 6.22. The molecule has 2 aliphatic carbocycles. The molecule has 1 saturated carbocycles. The Balaban J connectivity index is 1.48. The Labute approximate surface area is 184 Å². The van der Waals surface area contributed by atoms with Gasteiger partial charge in [-0.25, -0.2) is 4.98 Å². The second-order valence-corrected chi connectivity index (χ2v) is 8.25. The number of nitrogens with zero attached hydrogens (tertiary/aromatic N) is 3. The first-order chi connectivity index (χ1) is 15.2. The van der Waals surface area contributed by atoms with Crippen LogP contribution in [0, 0.1) is 0 Å². The van der Waals surface area contributed by atoms with Crippen LogP contribution >= 0.6 is 11.6 Å². The normalized spacial score (nSPS) is 15.3. The number of allylic oxidation sites excluding steroid dienone is 1. The number of fused-ring (bicyclic) bond motifs is 2. The van der Waals surface area contributed by atoms with Gasteiger partial charge in [0.15, 0.2) is 5.65 Å². The van der Waals surface area contributed by atoms with Crippen LogP contribution in [0.4, 0.5) is 5.82 Å². The van der Waals surface area contributed by atoms with Crippen LogP contribution in [-0.4, -0.2) is 26.3 Å². The minimum absolute atomic E-state index is 0.0664. The minimum atomic E-state index is -0.0664. The molecule has 2 aromatic carbocycles. The van der Waals surface area contributed by atoms with Crippen LogP contribution in [0.2, 0.25) is 5.02 Å². The molecule has 152 valence electrons. The fraction of sp³-hybridized carbons (Fsp3) is 0.160. The van der Waals surface area contributed by atoms with E-state index in [1.807, 2.05) is 59.2 Å². The van der Waals surface area contributed by atoms with Gasteiger partial charge < -0.3 is 10.4 Å². The van der Waals surface area contributed by atoms with Crippen molar-refractivity contribution < 1.29 is 5.11 Å². The number of benzene rings is 2. The van der Waals surface area contributed by atoms with E-state index in [1.165, 1.54) is 11.1 Å². The van der Waals surface area contributed by atoms with Crippen LogP contribution in [0.15, 0.2) is 83.7 Å². The molecule has 1 atom stereocenters. The number of aromatic nitrogens is 3. The summed E-state index contributed by atoms with van der Waals surface area (Å²) in [6.07, 6.45) is 2.47. The zero-order chi connectivity index (χ0) is 20.9. The molecule has 2 N–H and O–H groups in total. The summed E-state index contributed by atoms with van der Waals surface area (Å²) in [5.74, 6) is 1.13. The Hall–Kier alpha value is -3.37. The molecule has 0 saturated heterocycles. The van der Waals surface area contributed by atoms with Crippen LogP contribution in [0.25, 0.3) is 16.9 Å². The van der Waals surface area contributed by atoms with Crippen LogP contribution in [-0.2, 0) is 0 Å². The average Bonchev–Trinajstić information content (AvgIpc) is 3.68. The Morgan fingerprint density at radius 1 is 1.10 bits per heavy atom. The Kier molecular flexibility index (Phi) is 4.22. The summed E-state index contributed by atoms with van der Waals surface area (Å²) in [5.41, 5.74) is 10.5. The van der Waals surface area contributed by atoms with Crippen molar-refractivity contribution in [1.29, 1.82) is 0 Å². The van der Waals surface area contributed by atoms with Crippen molar-refractivity contribution in [2.45, 2.75) is 18.4 Å². The fourth-order valence-electron chi connectivity index (χ4n) is 4.12. The summed E-state index contributed by atoms with van der Waals surface area (Å²) in [6, 6.07) is 19.8. The number of aliphatic hydroxyl groups excluding tert-OH is 1. The molecule has 2 heterocycles. The molecule has 0 aliphatic heterocycles. The molecule has 0 spiro atoms. The fourth-order valence-corrected chi connectivity index (χ4v) is 4.35. The predicted molar refractivity (Wildman–Crippen MR) is 121 cm³/mol. The first kappa shape index (κ1) is 18.4. The van der Waals surface area contributed by atoms with Crippen molar-refractivity contribution in [3.63, 3.8) is 0 Å². The largest absolute Gasteiger partial charge is 0.396 e. The molecule has 0 amide bonds. The number of hydrogen-bond donors (Lipinski definition) is 2. The first-order valence-electron chi connectivity index (χ1n) is 10.3. The minimum Gasteiger partial charge on any atom is -0.396 e. The van der Waals surface area contributed by atoms with Crippen molar-refractivity contribution in [3.05, 3.63) is 99.9 Å². The van der Waals surface area contributed by atoms with E-state index in [9.17, 15) is 5.11 Å². The summed E-state index contributed by atoms with van der Waals surface area (Å²) >= 11 is 6.50. The molecule has 1 fully saturated rings. The van der Waals surface area contributed by atoms with Gasteiger partial charge in [0.2, 0.25) is 0 Å². The maximum absolute atomic E-state index is 9.67. The van der Waals surface area contributed by atoms with Crippen molar-refractivity contribution in [2.75, 3.05) is 11.9 Å². The summed E-state index contributed by atoms with van der Waals surface area (Å²) in [7, 11) is 0. The molecule has 6 rings (SSSR count). The van der Waals surface area contributed by atoms with Crippen molar-refractivity contribution >= 4 is 23.1 Å². The van der Waals surface area contributed by atoms with Gasteiger partial charge in [0, 0.05) is 40.0 Å². The number of nitrogens with one attached hydrogen (secondary N) is 1. The lowest BCUT2D eigenvalue weighted by atomic mass is 10.0. The molecule has 2 aliphatic rings. The van der Waals surface area contributed by atoms with Crippen molar-refractivity contribution in [2.24, 2.45) is 0 Å². The van der Waals surface area contributed by atoms with Crippen molar-refractivity contribution in [1.82, 2.24) is 14.6 Å². The first-order valence-corrected chi connectivity index (χ1v) is 10.7. The average molecular weight is 427 g/mol. The zero-order valence-electron chi connectivity index (χ0n) is 16.6. The quantitative estimate of drug-likeness (QED) is 0.401. The summed E-state index contributed by atoms with van der Waals surface area (Å²) < 4.78 is 1.85. The number of aliphatic hydroxyl groups is 1. The standard InChI is InChI=1S/C25H19ClN4O/c26-20-9-5-4-8-16(20)22-13-23(28-21(10-11-31)15-6-2-1-3-7-15)30-25(29-22)19(14-27-30)24-17-12-18(17)24/h1-9,13-14,21,24,28,31H,10-11H2. The highest BCUT2D eigenvalue weighted by Gasteiger charge is 2.49. The van der Waals surface area contributed by atoms with Gasteiger partial charge in [0.1, 0.15) is 5.82 Å². The van der Waals surface area contributed by atoms with Gasteiger partial charge in [-0.15, -0.1) is 5.73 Å². The van der Waals surface area contributed by atoms with Crippen LogP contribution in [0.5, 0.6) is 0 Å². The lowest BCUT2D eigenvalue weighted by Gasteiger charge is -2.21. The molecule has 1 unspecified atom stereocenters. The van der Waals surface area contributed by atoms with E-state index in [4.69, 9.17) is 16.6 Å².